The molecule has 0 bridgehead atoms. The third-order valence-corrected chi connectivity index (χ3v) is 5.16. The molecule has 29 heavy (non-hydrogen) atoms. The second-order valence-electron chi connectivity index (χ2n) is 7.70. The van der Waals surface area contributed by atoms with Crippen LogP contribution in [0.2, 0.25) is 0 Å². The fourth-order valence-corrected chi connectivity index (χ4v) is 3.38. The number of carbonyl (C=O) groups excluding carboxylic acids is 1. The van der Waals surface area contributed by atoms with Crippen molar-refractivity contribution in [2.75, 3.05) is 47.4 Å². The van der Waals surface area contributed by atoms with E-state index in [1.807, 2.05) is 32.3 Å². The number of halogens is 2. The number of nitrogens with zero attached hydrogens (tertiary/aromatic N) is 1. The quantitative estimate of drug-likeness (QED) is 0.574. The maximum atomic E-state index is 12.3. The number of hydrogen-bond donors (Lipinski definition) is 2. The van der Waals surface area contributed by atoms with Crippen LogP contribution in [-0.4, -0.2) is 58.3 Å². The molecule has 1 saturated heterocycles. The Kier molecular flexibility index (Phi) is 14.1. The summed E-state index contributed by atoms with van der Waals surface area (Å²) in [5, 5.41) is 6.46. The lowest BCUT2D eigenvalue weighted by Crippen LogP contribution is -2.35. The average molecular weight is 450 g/mol. The molecule has 2 rings (SSSR count). The van der Waals surface area contributed by atoms with E-state index in [-0.39, 0.29) is 30.7 Å². The topological polar surface area (TPSA) is 62.8 Å². The zero-order valence-electron chi connectivity index (χ0n) is 18.0. The summed E-state index contributed by atoms with van der Waals surface area (Å²) in [5.74, 6) is 2.54. The summed E-state index contributed by atoms with van der Waals surface area (Å²) in [6.45, 7) is 6.26. The van der Waals surface area contributed by atoms with Crippen molar-refractivity contribution in [2.45, 2.75) is 32.7 Å². The van der Waals surface area contributed by atoms with E-state index in [0.29, 0.717) is 37.2 Å². The predicted octanol–water partition coefficient (Wildman–Crippen LogP) is 3.12. The fraction of sp³-hybridized carbons (Fsp3) is 0.667. The van der Waals surface area contributed by atoms with Crippen LogP contribution >= 0.6 is 24.8 Å². The van der Waals surface area contributed by atoms with Crippen LogP contribution in [0.15, 0.2) is 18.2 Å². The van der Waals surface area contributed by atoms with Gasteiger partial charge in [-0.25, -0.2) is 0 Å². The second kappa shape index (κ2) is 14.7. The zero-order chi connectivity index (χ0) is 19.6. The van der Waals surface area contributed by atoms with Gasteiger partial charge in [-0.1, -0.05) is 13.0 Å². The normalized spacial score (nSPS) is 16.9. The van der Waals surface area contributed by atoms with Gasteiger partial charge in [-0.3, -0.25) is 4.79 Å². The molecule has 0 aliphatic carbocycles. The molecule has 2 atom stereocenters. The van der Waals surface area contributed by atoms with Crippen molar-refractivity contribution in [1.29, 1.82) is 0 Å². The summed E-state index contributed by atoms with van der Waals surface area (Å²) in [5.41, 5.74) is 1.01. The number of carbonyl (C=O) groups is 1. The van der Waals surface area contributed by atoms with E-state index < -0.39 is 0 Å². The molecule has 1 aromatic rings. The SMILES string of the molecule is COc1cc(CNC(=O)CC(C)C2CCCNC2)ccc1OCCN(C)C.Cl.Cl. The standard InChI is InChI=1S/C21H35N3O3.2ClH/c1-16(18-6-5-9-22-15-18)12-21(25)23-14-17-7-8-19(20(13-17)26-4)27-11-10-24(2)3;;/h7-8,13,16,18,22H,5-6,9-12,14-15H2,1-4H3,(H,23,25);2*1H. The lowest BCUT2D eigenvalue weighted by Gasteiger charge is -2.28. The summed E-state index contributed by atoms with van der Waals surface area (Å²) in [7, 11) is 5.66. The van der Waals surface area contributed by atoms with Crippen LogP contribution in [0.5, 0.6) is 11.5 Å². The predicted molar refractivity (Wildman–Crippen MR) is 123 cm³/mol. The lowest BCUT2D eigenvalue weighted by atomic mass is 9.85. The molecule has 0 radical (unpaired) electrons. The fourth-order valence-electron chi connectivity index (χ4n) is 3.38. The van der Waals surface area contributed by atoms with E-state index in [9.17, 15) is 4.79 Å². The maximum absolute atomic E-state index is 12.3. The monoisotopic (exact) mass is 449 g/mol. The van der Waals surface area contributed by atoms with Crippen LogP contribution < -0.4 is 20.1 Å². The van der Waals surface area contributed by atoms with Crippen molar-refractivity contribution in [1.82, 2.24) is 15.5 Å². The van der Waals surface area contributed by atoms with Crippen LogP contribution in [0.1, 0.15) is 31.7 Å². The molecule has 8 heteroatoms. The van der Waals surface area contributed by atoms with Gasteiger partial charge in [0.25, 0.3) is 0 Å². The molecule has 2 N–H and O–H groups in total. The Morgan fingerprint density at radius 3 is 2.69 bits per heavy atom. The number of nitrogens with one attached hydrogen (secondary N) is 2. The average Bonchev–Trinajstić information content (AvgIpc) is 2.67. The van der Waals surface area contributed by atoms with Gasteiger partial charge in [0.1, 0.15) is 6.61 Å². The number of amides is 1. The molecular weight excluding hydrogens is 413 g/mol. The Balaban J connectivity index is 0.00000392. The number of rotatable bonds is 10. The highest BCUT2D eigenvalue weighted by atomic mass is 35.5. The first-order valence-electron chi connectivity index (χ1n) is 9.91. The Bertz CT molecular complexity index is 597. The van der Waals surface area contributed by atoms with Crippen molar-refractivity contribution in [3.05, 3.63) is 23.8 Å². The number of benzene rings is 1. The molecule has 168 valence electrons. The smallest absolute Gasteiger partial charge is 0.220 e. The van der Waals surface area contributed by atoms with Gasteiger partial charge >= 0.3 is 0 Å². The second-order valence-corrected chi connectivity index (χ2v) is 7.70. The van der Waals surface area contributed by atoms with Gasteiger partial charge in [-0.2, -0.15) is 0 Å². The van der Waals surface area contributed by atoms with Crippen LogP contribution in [0.4, 0.5) is 0 Å². The molecule has 0 spiro atoms. The Morgan fingerprint density at radius 2 is 2.07 bits per heavy atom. The van der Waals surface area contributed by atoms with Crippen molar-refractivity contribution in [3.8, 4) is 11.5 Å². The third kappa shape index (κ3) is 9.90. The first-order chi connectivity index (χ1) is 13.0. The third-order valence-electron chi connectivity index (χ3n) is 5.16. The maximum Gasteiger partial charge on any atom is 0.220 e. The molecule has 1 aromatic carbocycles. The van der Waals surface area contributed by atoms with Gasteiger partial charge in [0.15, 0.2) is 11.5 Å². The van der Waals surface area contributed by atoms with Crippen molar-refractivity contribution < 1.29 is 14.3 Å². The molecule has 1 fully saturated rings. The Hall–Kier alpha value is -1.21. The van der Waals surface area contributed by atoms with Crippen molar-refractivity contribution in [2.24, 2.45) is 11.8 Å². The van der Waals surface area contributed by atoms with E-state index >= 15 is 0 Å². The van der Waals surface area contributed by atoms with Crippen LogP contribution in [0, 0.1) is 11.8 Å². The van der Waals surface area contributed by atoms with E-state index in [1.54, 1.807) is 7.11 Å². The highest BCUT2D eigenvalue weighted by Crippen LogP contribution is 2.28. The summed E-state index contributed by atoms with van der Waals surface area (Å²) < 4.78 is 11.2. The molecule has 1 aliphatic rings. The molecule has 0 saturated carbocycles. The molecular formula is C21H37Cl2N3O3. The number of ether oxygens (including phenoxy) is 2. The van der Waals surface area contributed by atoms with Gasteiger partial charge in [0, 0.05) is 19.5 Å². The Morgan fingerprint density at radius 1 is 1.31 bits per heavy atom. The minimum absolute atomic E-state index is 0. The first-order valence-corrected chi connectivity index (χ1v) is 9.91. The number of piperidine rings is 1. The molecule has 1 aliphatic heterocycles. The minimum Gasteiger partial charge on any atom is -0.493 e. The van der Waals surface area contributed by atoms with Gasteiger partial charge in [0.2, 0.25) is 5.91 Å². The Labute approximate surface area is 187 Å². The highest BCUT2D eigenvalue weighted by Gasteiger charge is 2.21. The van der Waals surface area contributed by atoms with E-state index in [0.717, 1.165) is 30.9 Å². The first kappa shape index (κ1) is 27.8. The van der Waals surface area contributed by atoms with Gasteiger partial charge < -0.3 is 25.0 Å². The van der Waals surface area contributed by atoms with Crippen molar-refractivity contribution in [3.63, 3.8) is 0 Å². The van der Waals surface area contributed by atoms with Crippen LogP contribution in [0.3, 0.4) is 0 Å². The lowest BCUT2D eigenvalue weighted by molar-refractivity contribution is -0.122. The number of methoxy groups -OCH3 is 1. The van der Waals surface area contributed by atoms with E-state index in [4.69, 9.17) is 9.47 Å². The summed E-state index contributed by atoms with van der Waals surface area (Å²) >= 11 is 0. The van der Waals surface area contributed by atoms with Gasteiger partial charge in [-0.05, 0) is 69.6 Å². The van der Waals surface area contributed by atoms with Crippen LogP contribution in [-0.2, 0) is 11.3 Å². The highest BCUT2D eigenvalue weighted by molar-refractivity contribution is 5.85. The molecule has 1 amide bonds. The van der Waals surface area contributed by atoms with E-state index in [1.165, 1.54) is 12.8 Å². The van der Waals surface area contributed by atoms with E-state index in [2.05, 4.69) is 22.5 Å². The minimum atomic E-state index is 0. The number of hydrogen-bond acceptors (Lipinski definition) is 5. The van der Waals surface area contributed by atoms with Gasteiger partial charge in [-0.15, -0.1) is 24.8 Å². The molecule has 1 heterocycles. The zero-order valence-corrected chi connectivity index (χ0v) is 19.7. The van der Waals surface area contributed by atoms with Crippen molar-refractivity contribution >= 4 is 30.7 Å². The summed E-state index contributed by atoms with van der Waals surface area (Å²) in [6.07, 6.45) is 3.00. The summed E-state index contributed by atoms with van der Waals surface area (Å²) in [4.78, 5) is 14.4. The number of likely N-dealkylation sites (N-methyl/N-ethyl adjacent to an activating group) is 1. The summed E-state index contributed by atoms with van der Waals surface area (Å²) in [6, 6.07) is 5.81. The molecule has 6 nitrogen and oxygen atoms in total. The molecule has 0 aromatic heterocycles. The largest absolute Gasteiger partial charge is 0.493 e. The molecule has 2 unspecified atom stereocenters. The van der Waals surface area contributed by atoms with Gasteiger partial charge in [0.05, 0.1) is 7.11 Å². The van der Waals surface area contributed by atoms with Crippen LogP contribution in [0.25, 0.3) is 0 Å².